The number of carboxylic acids is 1. The number of carbonyl (C=O) groups is 2. The number of rotatable bonds is 4. The van der Waals surface area contributed by atoms with Gasteiger partial charge in [-0.1, -0.05) is 13.3 Å². The van der Waals surface area contributed by atoms with E-state index in [9.17, 15) is 14.7 Å². The predicted molar refractivity (Wildman–Crippen MR) is 76.4 cm³/mol. The summed E-state index contributed by atoms with van der Waals surface area (Å²) in [6, 6.07) is 0. The van der Waals surface area contributed by atoms with Crippen molar-refractivity contribution in [1.29, 1.82) is 0 Å². The Morgan fingerprint density at radius 3 is 2.35 bits per heavy atom. The number of amides is 1. The molecule has 0 aromatic carbocycles. The fourth-order valence-corrected chi connectivity index (χ4v) is 3.48. The first-order valence-electron chi connectivity index (χ1n) is 7.67. The maximum Gasteiger partial charge on any atom is 0.309 e. The molecule has 2 N–H and O–H groups in total. The van der Waals surface area contributed by atoms with Crippen LogP contribution in [0.1, 0.15) is 46.0 Å². The molecule has 1 atom stereocenters. The van der Waals surface area contributed by atoms with Crippen LogP contribution in [0.4, 0.5) is 0 Å². The van der Waals surface area contributed by atoms with E-state index in [2.05, 4.69) is 12.2 Å². The van der Waals surface area contributed by atoms with Gasteiger partial charge in [0.05, 0.1) is 10.8 Å². The van der Waals surface area contributed by atoms with E-state index in [0.29, 0.717) is 25.9 Å². The van der Waals surface area contributed by atoms with E-state index in [1.165, 1.54) is 0 Å². The van der Waals surface area contributed by atoms with Crippen molar-refractivity contribution in [2.24, 2.45) is 10.8 Å². The van der Waals surface area contributed by atoms with Gasteiger partial charge in [-0.2, -0.15) is 0 Å². The van der Waals surface area contributed by atoms with Gasteiger partial charge in [0.15, 0.2) is 0 Å². The van der Waals surface area contributed by atoms with Crippen molar-refractivity contribution in [3.8, 4) is 0 Å². The van der Waals surface area contributed by atoms with Crippen LogP contribution in [0.25, 0.3) is 0 Å². The highest BCUT2D eigenvalue weighted by atomic mass is 16.4. The van der Waals surface area contributed by atoms with Crippen molar-refractivity contribution < 1.29 is 14.7 Å². The number of nitrogens with one attached hydrogen (secondary N) is 1. The van der Waals surface area contributed by atoms with Gasteiger partial charge in [-0.25, -0.2) is 0 Å². The maximum atomic E-state index is 12.8. The lowest BCUT2D eigenvalue weighted by Gasteiger charge is -2.40. The average Bonchev–Trinajstić information content (AvgIpc) is 2.89. The Morgan fingerprint density at radius 1 is 1.25 bits per heavy atom. The van der Waals surface area contributed by atoms with Crippen molar-refractivity contribution in [1.82, 2.24) is 10.2 Å². The molecule has 0 aromatic heterocycles. The van der Waals surface area contributed by atoms with E-state index in [1.807, 2.05) is 4.90 Å². The Balaban J connectivity index is 2.02. The maximum absolute atomic E-state index is 12.8. The van der Waals surface area contributed by atoms with Gasteiger partial charge in [-0.15, -0.1) is 0 Å². The highest BCUT2D eigenvalue weighted by Gasteiger charge is 2.45. The summed E-state index contributed by atoms with van der Waals surface area (Å²) in [6.07, 6.45) is 3.96. The van der Waals surface area contributed by atoms with Crippen molar-refractivity contribution in [3.05, 3.63) is 0 Å². The molecule has 0 aliphatic carbocycles. The number of likely N-dealkylation sites (tertiary alicyclic amines) is 1. The predicted octanol–water partition coefficient (Wildman–Crippen LogP) is 1.48. The zero-order valence-corrected chi connectivity index (χ0v) is 12.6. The zero-order valence-electron chi connectivity index (χ0n) is 12.6. The minimum Gasteiger partial charge on any atom is -0.481 e. The lowest BCUT2D eigenvalue weighted by Crippen LogP contribution is -2.51. The third-order valence-electron chi connectivity index (χ3n) is 5.10. The van der Waals surface area contributed by atoms with Gasteiger partial charge in [0.25, 0.3) is 0 Å². The Hall–Kier alpha value is -1.10. The molecule has 2 saturated heterocycles. The summed E-state index contributed by atoms with van der Waals surface area (Å²) >= 11 is 0. The molecule has 2 rings (SSSR count). The van der Waals surface area contributed by atoms with E-state index in [1.54, 1.807) is 6.92 Å². The van der Waals surface area contributed by atoms with Crippen LogP contribution in [0.15, 0.2) is 0 Å². The van der Waals surface area contributed by atoms with Crippen LogP contribution < -0.4 is 5.32 Å². The Morgan fingerprint density at radius 2 is 1.90 bits per heavy atom. The van der Waals surface area contributed by atoms with Crippen LogP contribution >= 0.6 is 0 Å². The van der Waals surface area contributed by atoms with Gasteiger partial charge in [0.2, 0.25) is 5.91 Å². The van der Waals surface area contributed by atoms with Gasteiger partial charge >= 0.3 is 5.97 Å². The summed E-state index contributed by atoms with van der Waals surface area (Å²) in [5, 5.41) is 12.6. The van der Waals surface area contributed by atoms with Crippen molar-refractivity contribution in [3.63, 3.8) is 0 Å². The van der Waals surface area contributed by atoms with Gasteiger partial charge in [0.1, 0.15) is 0 Å². The molecule has 2 aliphatic rings. The molecule has 0 radical (unpaired) electrons. The smallest absolute Gasteiger partial charge is 0.309 e. The van der Waals surface area contributed by atoms with Gasteiger partial charge in [-0.3, -0.25) is 9.59 Å². The van der Waals surface area contributed by atoms with Crippen LogP contribution in [0.3, 0.4) is 0 Å². The molecular weight excluding hydrogens is 256 g/mol. The highest BCUT2D eigenvalue weighted by Crippen LogP contribution is 2.37. The molecule has 0 spiro atoms. The zero-order chi connectivity index (χ0) is 14.8. The first-order valence-corrected chi connectivity index (χ1v) is 7.67. The quantitative estimate of drug-likeness (QED) is 0.819. The van der Waals surface area contributed by atoms with Gasteiger partial charge < -0.3 is 15.3 Å². The van der Waals surface area contributed by atoms with Crippen LogP contribution in [0.2, 0.25) is 0 Å². The normalized spacial score (nSPS) is 29.4. The van der Waals surface area contributed by atoms with E-state index in [4.69, 9.17) is 0 Å². The van der Waals surface area contributed by atoms with Crippen LogP contribution in [0.5, 0.6) is 0 Å². The first kappa shape index (κ1) is 15.3. The molecule has 5 nitrogen and oxygen atoms in total. The highest BCUT2D eigenvalue weighted by molar-refractivity contribution is 5.84. The Kier molecular flexibility index (Phi) is 4.37. The first-order chi connectivity index (χ1) is 9.43. The molecule has 114 valence electrons. The number of carbonyl (C=O) groups excluding carboxylic acids is 1. The Bertz CT molecular complexity index is 381. The fourth-order valence-electron chi connectivity index (χ4n) is 3.48. The van der Waals surface area contributed by atoms with Gasteiger partial charge in [0, 0.05) is 19.6 Å². The molecule has 1 unspecified atom stereocenters. The summed E-state index contributed by atoms with van der Waals surface area (Å²) in [6.45, 7) is 6.74. The standard InChI is InChI=1S/C15H26N2O3/c1-3-4-15(5-8-16-11-15)12(18)17-9-6-14(2,7-10-17)13(19)20/h16H,3-11H2,1-2H3,(H,19,20). The third kappa shape index (κ3) is 2.68. The minimum absolute atomic E-state index is 0.233. The molecule has 20 heavy (non-hydrogen) atoms. The lowest BCUT2D eigenvalue weighted by atomic mass is 9.77. The van der Waals surface area contributed by atoms with E-state index in [0.717, 1.165) is 32.4 Å². The van der Waals surface area contributed by atoms with Crippen LogP contribution in [0, 0.1) is 10.8 Å². The van der Waals surface area contributed by atoms with E-state index >= 15 is 0 Å². The van der Waals surface area contributed by atoms with Crippen LogP contribution in [-0.2, 0) is 9.59 Å². The number of nitrogens with zero attached hydrogens (tertiary/aromatic N) is 1. The Labute approximate surface area is 120 Å². The summed E-state index contributed by atoms with van der Waals surface area (Å²) in [5.41, 5.74) is -0.908. The van der Waals surface area contributed by atoms with E-state index < -0.39 is 11.4 Å². The second-order valence-corrected chi connectivity index (χ2v) is 6.62. The minimum atomic E-state index is -0.740. The van der Waals surface area contributed by atoms with Crippen molar-refractivity contribution in [2.45, 2.75) is 46.0 Å². The summed E-state index contributed by atoms with van der Waals surface area (Å²) < 4.78 is 0. The second-order valence-electron chi connectivity index (χ2n) is 6.62. The molecule has 2 aliphatic heterocycles. The molecule has 1 amide bonds. The molecule has 2 fully saturated rings. The topological polar surface area (TPSA) is 69.6 Å². The number of aliphatic carboxylic acids is 1. The molecule has 2 heterocycles. The van der Waals surface area contributed by atoms with Gasteiger partial charge in [-0.05, 0) is 39.2 Å². The molecule has 0 aromatic rings. The molecule has 0 bridgehead atoms. The monoisotopic (exact) mass is 282 g/mol. The fraction of sp³-hybridized carbons (Fsp3) is 0.867. The number of hydrogen-bond acceptors (Lipinski definition) is 3. The number of hydrogen-bond donors (Lipinski definition) is 2. The molecule has 0 saturated carbocycles. The summed E-state index contributed by atoms with van der Waals surface area (Å²) in [5.74, 6) is -0.507. The number of carboxylic acid groups (broad SMARTS) is 1. The van der Waals surface area contributed by atoms with Crippen molar-refractivity contribution in [2.75, 3.05) is 26.2 Å². The second kappa shape index (κ2) is 5.72. The third-order valence-corrected chi connectivity index (χ3v) is 5.10. The molecule has 5 heteroatoms. The number of piperidine rings is 1. The lowest BCUT2D eigenvalue weighted by molar-refractivity contribution is -0.155. The SMILES string of the molecule is CCCC1(C(=O)N2CCC(C)(C(=O)O)CC2)CCNC1. The largest absolute Gasteiger partial charge is 0.481 e. The molecular formula is C15H26N2O3. The van der Waals surface area contributed by atoms with Crippen LogP contribution in [-0.4, -0.2) is 48.1 Å². The van der Waals surface area contributed by atoms with E-state index in [-0.39, 0.29) is 11.3 Å². The summed E-state index contributed by atoms with van der Waals surface area (Å²) in [4.78, 5) is 26.0. The summed E-state index contributed by atoms with van der Waals surface area (Å²) in [7, 11) is 0. The van der Waals surface area contributed by atoms with Crippen molar-refractivity contribution >= 4 is 11.9 Å². The average molecular weight is 282 g/mol.